The average molecular weight is 410 g/mol. The number of nitrogens with zero attached hydrogens (tertiary/aromatic N) is 2. The second kappa shape index (κ2) is 8.36. The number of methoxy groups -OCH3 is 1. The molecule has 1 amide bonds. The van der Waals surface area contributed by atoms with E-state index in [4.69, 9.17) is 14.0 Å². The van der Waals surface area contributed by atoms with Gasteiger partial charge in [0, 0.05) is 24.6 Å². The normalized spacial score (nSPS) is 16.0. The molecule has 0 saturated carbocycles. The number of carbonyl (C=O) groups excluding carboxylic acids is 2. The highest BCUT2D eigenvalue weighted by atomic mass is 19.1. The van der Waals surface area contributed by atoms with Crippen LogP contribution in [-0.2, 0) is 20.9 Å². The predicted molar refractivity (Wildman–Crippen MR) is 105 cm³/mol. The number of halogens is 1. The maximum atomic E-state index is 13.0. The van der Waals surface area contributed by atoms with E-state index in [1.54, 1.807) is 36.4 Å². The lowest BCUT2D eigenvalue weighted by molar-refractivity contribution is -0.149. The second-order valence-electron chi connectivity index (χ2n) is 6.87. The minimum Gasteiger partial charge on any atom is -0.495 e. The molecular formula is C22H19FN2O5. The van der Waals surface area contributed by atoms with E-state index < -0.39 is 11.9 Å². The van der Waals surface area contributed by atoms with Gasteiger partial charge in [-0.15, -0.1) is 0 Å². The van der Waals surface area contributed by atoms with Crippen LogP contribution in [0.25, 0.3) is 11.3 Å². The zero-order chi connectivity index (χ0) is 21.1. The van der Waals surface area contributed by atoms with Crippen molar-refractivity contribution in [1.29, 1.82) is 0 Å². The monoisotopic (exact) mass is 410 g/mol. The maximum absolute atomic E-state index is 13.0. The number of benzene rings is 2. The number of esters is 1. The summed E-state index contributed by atoms with van der Waals surface area (Å²) in [6, 6.07) is 14.6. The first-order valence-electron chi connectivity index (χ1n) is 9.36. The number of carbonyl (C=O) groups is 2. The minimum atomic E-state index is -0.578. The molecule has 1 aliphatic rings. The Balaban J connectivity index is 1.37. The molecule has 0 N–H and O–H groups in total. The van der Waals surface area contributed by atoms with Gasteiger partial charge in [-0.2, -0.15) is 0 Å². The number of amides is 1. The fraction of sp³-hybridized carbons (Fsp3) is 0.227. The summed E-state index contributed by atoms with van der Waals surface area (Å²) < 4.78 is 28.9. The van der Waals surface area contributed by atoms with Crippen molar-refractivity contribution in [3.8, 4) is 17.1 Å². The lowest BCUT2D eigenvalue weighted by Crippen LogP contribution is -2.26. The molecule has 0 bridgehead atoms. The van der Waals surface area contributed by atoms with Gasteiger partial charge in [0.2, 0.25) is 5.91 Å². The molecule has 154 valence electrons. The highest BCUT2D eigenvalue weighted by molar-refractivity contribution is 6.00. The van der Waals surface area contributed by atoms with Gasteiger partial charge >= 0.3 is 5.97 Å². The van der Waals surface area contributed by atoms with Crippen LogP contribution < -0.4 is 9.64 Å². The zero-order valence-corrected chi connectivity index (χ0v) is 16.2. The Kier molecular flexibility index (Phi) is 5.47. The van der Waals surface area contributed by atoms with Crippen LogP contribution in [0, 0.1) is 11.7 Å². The number of hydrogen-bond acceptors (Lipinski definition) is 6. The van der Waals surface area contributed by atoms with Crippen LogP contribution in [0.15, 0.2) is 59.1 Å². The number of ether oxygens (including phenoxy) is 2. The van der Waals surface area contributed by atoms with E-state index in [-0.39, 0.29) is 31.3 Å². The largest absolute Gasteiger partial charge is 0.495 e. The summed E-state index contributed by atoms with van der Waals surface area (Å²) >= 11 is 0. The third kappa shape index (κ3) is 4.03. The highest BCUT2D eigenvalue weighted by Crippen LogP contribution is 2.33. The summed E-state index contributed by atoms with van der Waals surface area (Å²) in [5.41, 5.74) is 1.71. The zero-order valence-electron chi connectivity index (χ0n) is 16.2. The molecule has 8 heteroatoms. The Bertz CT molecular complexity index is 1060. The summed E-state index contributed by atoms with van der Waals surface area (Å²) in [7, 11) is 1.53. The molecule has 0 radical (unpaired) electrons. The molecule has 2 heterocycles. The SMILES string of the molecule is COc1ccccc1N1C[C@@H](C(=O)OCc2cc(-c3ccc(F)cc3)on2)CC1=O. The standard InChI is InChI=1S/C22H19FN2O5/c1-28-19-5-3-2-4-18(19)25-12-15(10-21(25)26)22(27)29-13-17-11-20(30-24-17)14-6-8-16(23)9-7-14/h2-9,11,15H,10,12-13H2,1H3/t15-/m0/s1. The van der Waals surface area contributed by atoms with Crippen LogP contribution in [0.5, 0.6) is 5.75 Å². The van der Waals surface area contributed by atoms with Crippen molar-refractivity contribution in [2.45, 2.75) is 13.0 Å². The lowest BCUT2D eigenvalue weighted by Gasteiger charge is -2.19. The summed E-state index contributed by atoms with van der Waals surface area (Å²) in [5.74, 6) is -0.560. The summed E-state index contributed by atoms with van der Waals surface area (Å²) in [5, 5.41) is 3.87. The molecule has 1 saturated heterocycles. The molecule has 4 rings (SSSR count). The van der Waals surface area contributed by atoms with Gasteiger partial charge in [-0.3, -0.25) is 9.59 Å². The number of para-hydroxylation sites is 2. The van der Waals surface area contributed by atoms with Crippen LogP contribution in [-0.4, -0.2) is 30.7 Å². The first kappa shape index (κ1) is 19.6. The average Bonchev–Trinajstić information content (AvgIpc) is 3.39. The van der Waals surface area contributed by atoms with Gasteiger partial charge in [0.15, 0.2) is 5.76 Å². The van der Waals surface area contributed by atoms with Crippen LogP contribution in [0.3, 0.4) is 0 Å². The molecule has 0 spiro atoms. The van der Waals surface area contributed by atoms with Crippen molar-refractivity contribution in [2.24, 2.45) is 5.92 Å². The van der Waals surface area contributed by atoms with Gasteiger partial charge in [-0.05, 0) is 36.4 Å². The first-order chi connectivity index (χ1) is 14.5. The molecular weight excluding hydrogens is 391 g/mol. The number of rotatable bonds is 6. The molecule has 3 aromatic rings. The van der Waals surface area contributed by atoms with Crippen molar-refractivity contribution < 1.29 is 28.0 Å². The number of aromatic nitrogens is 1. The Morgan fingerprint density at radius 2 is 2.00 bits per heavy atom. The van der Waals surface area contributed by atoms with Crippen LogP contribution >= 0.6 is 0 Å². The number of anilines is 1. The van der Waals surface area contributed by atoms with Crippen molar-refractivity contribution in [2.75, 3.05) is 18.6 Å². The van der Waals surface area contributed by atoms with Gasteiger partial charge < -0.3 is 18.9 Å². The Morgan fingerprint density at radius 1 is 1.23 bits per heavy atom. The molecule has 1 aromatic heterocycles. The molecule has 7 nitrogen and oxygen atoms in total. The van der Waals surface area contributed by atoms with E-state index in [2.05, 4.69) is 5.16 Å². The van der Waals surface area contributed by atoms with E-state index in [1.165, 1.54) is 24.1 Å². The molecule has 30 heavy (non-hydrogen) atoms. The fourth-order valence-electron chi connectivity index (χ4n) is 3.34. The Labute approximate surface area is 172 Å². The summed E-state index contributed by atoms with van der Waals surface area (Å²) in [6.45, 7) is 0.139. The second-order valence-corrected chi connectivity index (χ2v) is 6.87. The quantitative estimate of drug-likeness (QED) is 0.578. The van der Waals surface area contributed by atoms with E-state index in [0.29, 0.717) is 28.5 Å². The predicted octanol–water partition coefficient (Wildman–Crippen LogP) is 3.59. The fourth-order valence-corrected chi connectivity index (χ4v) is 3.34. The van der Waals surface area contributed by atoms with E-state index in [1.807, 2.05) is 6.07 Å². The van der Waals surface area contributed by atoms with Crippen LogP contribution in [0.1, 0.15) is 12.1 Å². The van der Waals surface area contributed by atoms with Crippen molar-refractivity contribution in [1.82, 2.24) is 5.16 Å². The molecule has 0 aliphatic carbocycles. The molecule has 1 fully saturated rings. The van der Waals surface area contributed by atoms with Gasteiger partial charge in [-0.1, -0.05) is 17.3 Å². The third-order valence-electron chi connectivity index (χ3n) is 4.88. The third-order valence-corrected chi connectivity index (χ3v) is 4.88. The summed E-state index contributed by atoms with van der Waals surface area (Å²) in [6.07, 6.45) is 0.0660. The van der Waals surface area contributed by atoms with Crippen LogP contribution in [0.4, 0.5) is 10.1 Å². The van der Waals surface area contributed by atoms with Crippen molar-refractivity contribution in [3.05, 3.63) is 66.1 Å². The minimum absolute atomic E-state index is 0.0660. The molecule has 1 atom stereocenters. The smallest absolute Gasteiger partial charge is 0.311 e. The van der Waals surface area contributed by atoms with Crippen molar-refractivity contribution in [3.63, 3.8) is 0 Å². The van der Waals surface area contributed by atoms with Crippen molar-refractivity contribution >= 4 is 17.6 Å². The number of hydrogen-bond donors (Lipinski definition) is 0. The Hall–Kier alpha value is -3.68. The lowest BCUT2D eigenvalue weighted by atomic mass is 10.1. The van der Waals surface area contributed by atoms with Gasteiger partial charge in [-0.25, -0.2) is 4.39 Å². The molecule has 1 aliphatic heterocycles. The molecule has 2 aromatic carbocycles. The van der Waals surface area contributed by atoms with E-state index in [9.17, 15) is 14.0 Å². The summed E-state index contributed by atoms with van der Waals surface area (Å²) in [4.78, 5) is 26.4. The van der Waals surface area contributed by atoms with E-state index >= 15 is 0 Å². The topological polar surface area (TPSA) is 81.9 Å². The first-order valence-corrected chi connectivity index (χ1v) is 9.36. The molecule has 0 unspecified atom stereocenters. The van der Waals surface area contributed by atoms with Gasteiger partial charge in [0.1, 0.15) is 23.9 Å². The Morgan fingerprint density at radius 3 is 2.77 bits per heavy atom. The van der Waals surface area contributed by atoms with Gasteiger partial charge in [0.25, 0.3) is 0 Å². The maximum Gasteiger partial charge on any atom is 0.311 e. The van der Waals surface area contributed by atoms with Crippen LogP contribution in [0.2, 0.25) is 0 Å². The highest BCUT2D eigenvalue weighted by Gasteiger charge is 2.37. The van der Waals surface area contributed by atoms with E-state index in [0.717, 1.165) is 0 Å². The van der Waals surface area contributed by atoms with Gasteiger partial charge in [0.05, 0.1) is 18.7 Å².